The van der Waals surface area contributed by atoms with E-state index in [0.717, 1.165) is 12.1 Å². The van der Waals surface area contributed by atoms with Gasteiger partial charge in [0.05, 0.1) is 23.8 Å². The average Bonchev–Trinajstić information content (AvgIpc) is 2.35. The number of nitrogens with one attached hydrogen (secondary N) is 1. The van der Waals surface area contributed by atoms with Crippen LogP contribution in [0.1, 0.15) is 42.3 Å². The zero-order valence-corrected chi connectivity index (χ0v) is 13.0. The zero-order chi connectivity index (χ0) is 17.3. The highest BCUT2D eigenvalue weighted by atomic mass is 19.4. The number of benzene rings is 1. The van der Waals surface area contributed by atoms with Crippen LogP contribution in [-0.4, -0.2) is 23.7 Å². The third-order valence-electron chi connectivity index (χ3n) is 3.60. The van der Waals surface area contributed by atoms with E-state index in [-0.39, 0.29) is 23.4 Å². The molecule has 0 saturated carbocycles. The highest BCUT2D eigenvalue weighted by Crippen LogP contribution is 2.35. The molecule has 22 heavy (non-hydrogen) atoms. The van der Waals surface area contributed by atoms with Gasteiger partial charge in [0.1, 0.15) is 0 Å². The molecule has 1 aromatic carbocycles. The normalized spacial score (nSPS) is 13.8. The first-order valence-electron chi connectivity index (χ1n) is 6.77. The number of aliphatic hydroxyl groups excluding tert-OH is 1. The molecule has 0 aliphatic carbocycles. The number of aliphatic hydroxyl groups is 1. The number of alkyl halides is 3. The molecule has 0 unspecified atom stereocenters. The number of nitrogen functional groups attached to an aromatic ring is 1. The van der Waals surface area contributed by atoms with E-state index in [2.05, 4.69) is 5.32 Å². The zero-order valence-electron chi connectivity index (χ0n) is 13.0. The fourth-order valence-corrected chi connectivity index (χ4v) is 2.01. The minimum atomic E-state index is -4.52. The van der Waals surface area contributed by atoms with Gasteiger partial charge in [-0.1, -0.05) is 20.8 Å². The van der Waals surface area contributed by atoms with Gasteiger partial charge in [-0.05, 0) is 30.0 Å². The molecule has 0 aromatic heterocycles. The highest BCUT2D eigenvalue weighted by Gasteiger charge is 2.34. The van der Waals surface area contributed by atoms with E-state index in [0.29, 0.717) is 0 Å². The second-order valence-electron chi connectivity index (χ2n) is 6.27. The van der Waals surface area contributed by atoms with Crippen LogP contribution >= 0.6 is 0 Å². The SMILES string of the molecule is Cc1c(C(F)(F)F)ccc(C(=O)N[C@H](CO)C(C)(C)C)c1N. The van der Waals surface area contributed by atoms with Crippen LogP contribution < -0.4 is 11.1 Å². The molecule has 124 valence electrons. The van der Waals surface area contributed by atoms with Gasteiger partial charge in [-0.2, -0.15) is 13.2 Å². The molecule has 0 aliphatic heterocycles. The lowest BCUT2D eigenvalue weighted by Gasteiger charge is -2.30. The van der Waals surface area contributed by atoms with Crippen molar-refractivity contribution in [3.8, 4) is 0 Å². The number of carbonyl (C=O) groups excluding carboxylic acids is 1. The molecule has 0 saturated heterocycles. The van der Waals surface area contributed by atoms with Gasteiger partial charge in [0.2, 0.25) is 0 Å². The maximum atomic E-state index is 12.8. The Morgan fingerprint density at radius 2 is 1.86 bits per heavy atom. The van der Waals surface area contributed by atoms with Gasteiger partial charge in [-0.25, -0.2) is 0 Å². The topological polar surface area (TPSA) is 75.3 Å². The molecule has 4 nitrogen and oxygen atoms in total. The molecule has 0 spiro atoms. The van der Waals surface area contributed by atoms with Crippen LogP contribution in [0.15, 0.2) is 12.1 Å². The molecule has 1 aromatic rings. The Morgan fingerprint density at radius 3 is 2.27 bits per heavy atom. The van der Waals surface area contributed by atoms with Crippen LogP contribution in [0.4, 0.5) is 18.9 Å². The monoisotopic (exact) mass is 318 g/mol. The summed E-state index contributed by atoms with van der Waals surface area (Å²) < 4.78 is 38.4. The van der Waals surface area contributed by atoms with Gasteiger partial charge >= 0.3 is 6.18 Å². The summed E-state index contributed by atoms with van der Waals surface area (Å²) in [6.45, 7) is 6.43. The maximum absolute atomic E-state index is 12.8. The number of nitrogens with two attached hydrogens (primary N) is 1. The summed E-state index contributed by atoms with van der Waals surface area (Å²) in [6.07, 6.45) is -4.52. The first-order valence-corrected chi connectivity index (χ1v) is 6.77. The molecule has 7 heteroatoms. The van der Waals surface area contributed by atoms with Crippen LogP contribution in [0.25, 0.3) is 0 Å². The van der Waals surface area contributed by atoms with Crippen molar-refractivity contribution in [3.05, 3.63) is 28.8 Å². The Bertz CT molecular complexity index is 563. The smallest absolute Gasteiger partial charge is 0.398 e. The number of hydrogen-bond donors (Lipinski definition) is 3. The molecular weight excluding hydrogens is 297 g/mol. The van der Waals surface area contributed by atoms with Crippen LogP contribution in [-0.2, 0) is 6.18 Å². The van der Waals surface area contributed by atoms with Crippen molar-refractivity contribution in [1.82, 2.24) is 5.32 Å². The van der Waals surface area contributed by atoms with Gasteiger partial charge in [-0.15, -0.1) is 0 Å². The quantitative estimate of drug-likeness (QED) is 0.750. The summed E-state index contributed by atoms with van der Waals surface area (Å²) in [5.41, 5.74) is 3.99. The first-order chi connectivity index (χ1) is 9.89. The van der Waals surface area contributed by atoms with Gasteiger partial charge in [0.15, 0.2) is 0 Å². The Morgan fingerprint density at radius 1 is 1.32 bits per heavy atom. The minimum Gasteiger partial charge on any atom is -0.398 e. The first kappa shape index (κ1) is 18.3. The van der Waals surface area contributed by atoms with Crippen molar-refractivity contribution in [3.63, 3.8) is 0 Å². The Kier molecular flexibility index (Phi) is 5.12. The van der Waals surface area contributed by atoms with Crippen LogP contribution in [0.5, 0.6) is 0 Å². The molecule has 0 fully saturated rings. The maximum Gasteiger partial charge on any atom is 0.416 e. The molecular formula is C15H21F3N2O2. The van der Waals surface area contributed by atoms with Crippen LogP contribution in [0.2, 0.25) is 0 Å². The Labute approximate surface area is 127 Å². The summed E-state index contributed by atoms with van der Waals surface area (Å²) in [5, 5.41) is 11.9. The third kappa shape index (κ3) is 3.91. The van der Waals surface area contributed by atoms with Gasteiger partial charge in [0, 0.05) is 5.69 Å². The van der Waals surface area contributed by atoms with Crippen molar-refractivity contribution in [2.75, 3.05) is 12.3 Å². The second-order valence-corrected chi connectivity index (χ2v) is 6.27. The minimum absolute atomic E-state index is 0.0341. The fourth-order valence-electron chi connectivity index (χ4n) is 2.01. The number of hydrogen-bond acceptors (Lipinski definition) is 3. The average molecular weight is 318 g/mol. The Balaban J connectivity index is 3.13. The molecule has 1 rings (SSSR count). The lowest BCUT2D eigenvalue weighted by molar-refractivity contribution is -0.138. The predicted molar refractivity (Wildman–Crippen MR) is 78.4 cm³/mol. The number of rotatable bonds is 3. The summed E-state index contributed by atoms with van der Waals surface area (Å²) in [5.74, 6) is -0.608. The van der Waals surface area contributed by atoms with E-state index < -0.39 is 29.1 Å². The summed E-state index contributed by atoms with van der Waals surface area (Å²) in [4.78, 5) is 12.2. The van der Waals surface area contributed by atoms with Crippen molar-refractivity contribution in [2.24, 2.45) is 5.41 Å². The summed E-state index contributed by atoms with van der Waals surface area (Å²) in [7, 11) is 0. The lowest BCUT2D eigenvalue weighted by atomic mass is 9.87. The molecule has 0 heterocycles. The van der Waals surface area contributed by atoms with E-state index in [4.69, 9.17) is 5.73 Å². The number of anilines is 1. The fraction of sp³-hybridized carbons (Fsp3) is 0.533. The largest absolute Gasteiger partial charge is 0.416 e. The molecule has 0 radical (unpaired) electrons. The van der Waals surface area contributed by atoms with E-state index in [1.54, 1.807) is 0 Å². The van der Waals surface area contributed by atoms with Crippen molar-refractivity contribution in [2.45, 2.75) is 39.9 Å². The molecule has 1 amide bonds. The van der Waals surface area contributed by atoms with Crippen LogP contribution in [0, 0.1) is 12.3 Å². The predicted octanol–water partition coefficient (Wildman–Crippen LogP) is 2.73. The number of halogens is 3. The van der Waals surface area contributed by atoms with Crippen LogP contribution in [0.3, 0.4) is 0 Å². The van der Waals surface area contributed by atoms with Crippen molar-refractivity contribution in [1.29, 1.82) is 0 Å². The summed E-state index contributed by atoms with van der Waals surface area (Å²) in [6, 6.07) is 1.35. The Hall–Kier alpha value is -1.76. The molecule has 0 aliphatic rings. The third-order valence-corrected chi connectivity index (χ3v) is 3.60. The number of carbonyl (C=O) groups is 1. The van der Waals surface area contributed by atoms with Crippen molar-refractivity contribution < 1.29 is 23.1 Å². The molecule has 4 N–H and O–H groups in total. The molecule has 0 bridgehead atoms. The van der Waals surface area contributed by atoms with E-state index in [9.17, 15) is 23.1 Å². The lowest BCUT2D eigenvalue weighted by Crippen LogP contribution is -2.46. The summed E-state index contributed by atoms with van der Waals surface area (Å²) >= 11 is 0. The molecule has 1 atom stereocenters. The van der Waals surface area contributed by atoms with Gasteiger partial charge in [-0.3, -0.25) is 4.79 Å². The van der Waals surface area contributed by atoms with Gasteiger partial charge in [0.25, 0.3) is 5.91 Å². The van der Waals surface area contributed by atoms with Gasteiger partial charge < -0.3 is 16.2 Å². The van der Waals surface area contributed by atoms with Crippen molar-refractivity contribution >= 4 is 11.6 Å². The highest BCUT2D eigenvalue weighted by molar-refractivity contribution is 6.00. The van der Waals surface area contributed by atoms with E-state index >= 15 is 0 Å². The number of amides is 1. The second kappa shape index (κ2) is 6.16. The van der Waals surface area contributed by atoms with E-state index in [1.165, 1.54) is 6.92 Å². The van der Waals surface area contributed by atoms with E-state index in [1.807, 2.05) is 20.8 Å². The standard InChI is InChI=1S/C15H21F3N2O2/c1-8-10(15(16,17)18)6-5-9(12(8)19)13(22)20-11(7-21)14(2,3)4/h5-6,11,21H,7,19H2,1-4H3,(H,20,22)/t11-/m1/s1.